The first-order chi connectivity index (χ1) is 7.86. The minimum Gasteiger partial charge on any atom is -0.377 e. The van der Waals surface area contributed by atoms with Gasteiger partial charge in [0.2, 0.25) is 0 Å². The highest BCUT2D eigenvalue weighted by Gasteiger charge is 2.27. The van der Waals surface area contributed by atoms with Crippen LogP contribution in [-0.2, 0) is 11.3 Å². The van der Waals surface area contributed by atoms with Crippen LogP contribution in [0.1, 0.15) is 43.2 Å². The second kappa shape index (κ2) is 5.21. The summed E-state index contributed by atoms with van der Waals surface area (Å²) in [4.78, 5) is 10.7. The van der Waals surface area contributed by atoms with E-state index < -0.39 is 0 Å². The smallest absolute Gasteiger partial charge is 0.113 e. The van der Waals surface area contributed by atoms with Crippen molar-refractivity contribution in [1.82, 2.24) is 0 Å². The zero-order chi connectivity index (χ0) is 11.4. The van der Waals surface area contributed by atoms with E-state index in [1.807, 2.05) is 6.07 Å². The van der Waals surface area contributed by atoms with Crippen LogP contribution in [-0.4, -0.2) is 6.61 Å². The second-order valence-corrected chi connectivity index (χ2v) is 4.26. The largest absolute Gasteiger partial charge is 0.377 e. The van der Waals surface area contributed by atoms with E-state index in [9.17, 15) is 4.91 Å². The topological polar surface area (TPSA) is 38.7 Å². The Kier molecular flexibility index (Phi) is 3.67. The second-order valence-electron chi connectivity index (χ2n) is 4.26. The van der Waals surface area contributed by atoms with Crippen LogP contribution in [0.15, 0.2) is 23.4 Å². The average Bonchev–Trinajstić information content (AvgIpc) is 3.13. The molecular formula is C13H17NO2. The Morgan fingerprint density at radius 1 is 1.44 bits per heavy atom. The molecule has 0 aliphatic heterocycles. The van der Waals surface area contributed by atoms with Gasteiger partial charge >= 0.3 is 0 Å². The van der Waals surface area contributed by atoms with Gasteiger partial charge in [0.15, 0.2) is 0 Å². The third kappa shape index (κ3) is 2.47. The molecule has 1 aromatic rings. The summed E-state index contributed by atoms with van der Waals surface area (Å²) in [5.41, 5.74) is 2.79. The molecule has 1 fully saturated rings. The summed E-state index contributed by atoms with van der Waals surface area (Å²) in [5, 5.41) is 3.09. The van der Waals surface area contributed by atoms with Gasteiger partial charge in [-0.15, -0.1) is 4.91 Å². The zero-order valence-corrected chi connectivity index (χ0v) is 9.61. The third-order valence-electron chi connectivity index (χ3n) is 2.90. The molecule has 1 aromatic carbocycles. The van der Waals surface area contributed by atoms with Crippen LogP contribution >= 0.6 is 0 Å². The van der Waals surface area contributed by atoms with Crippen LogP contribution in [0.2, 0.25) is 0 Å². The molecule has 1 aliphatic rings. The van der Waals surface area contributed by atoms with Gasteiger partial charge in [0.05, 0.1) is 6.61 Å². The van der Waals surface area contributed by atoms with Crippen molar-refractivity contribution >= 4 is 5.69 Å². The zero-order valence-electron chi connectivity index (χ0n) is 9.61. The molecule has 0 spiro atoms. The Morgan fingerprint density at radius 2 is 2.25 bits per heavy atom. The predicted octanol–water partition coefficient (Wildman–Crippen LogP) is 3.89. The molecule has 0 unspecified atom stereocenters. The van der Waals surface area contributed by atoms with Crippen LogP contribution in [0, 0.1) is 4.91 Å². The van der Waals surface area contributed by atoms with E-state index in [1.165, 1.54) is 18.4 Å². The first-order valence-corrected chi connectivity index (χ1v) is 5.89. The number of hydrogen-bond donors (Lipinski definition) is 0. The first kappa shape index (κ1) is 11.3. The molecule has 16 heavy (non-hydrogen) atoms. The van der Waals surface area contributed by atoms with Gasteiger partial charge < -0.3 is 4.74 Å². The quantitative estimate of drug-likeness (QED) is 0.537. The highest BCUT2D eigenvalue weighted by Crippen LogP contribution is 2.43. The van der Waals surface area contributed by atoms with Gasteiger partial charge in [0, 0.05) is 12.2 Å². The lowest BCUT2D eigenvalue weighted by atomic mass is 10.0. The highest BCUT2D eigenvalue weighted by atomic mass is 16.5. The molecule has 1 saturated carbocycles. The first-order valence-electron chi connectivity index (χ1n) is 5.89. The summed E-state index contributed by atoms with van der Waals surface area (Å²) < 4.78 is 5.53. The maximum Gasteiger partial charge on any atom is 0.113 e. The number of nitroso groups, excluding NO2 is 1. The van der Waals surface area contributed by atoms with Gasteiger partial charge in [-0.3, -0.25) is 0 Å². The standard InChI is InChI=1S/C13H17NO2/c1-2-8-16-9-12-11(10-6-7-10)4-3-5-13(12)14-15/h3-5,10H,2,6-9H2,1H3. The van der Waals surface area contributed by atoms with Gasteiger partial charge in [-0.1, -0.05) is 19.1 Å². The monoisotopic (exact) mass is 219 g/mol. The van der Waals surface area contributed by atoms with Gasteiger partial charge in [-0.05, 0) is 42.0 Å². The maximum absolute atomic E-state index is 10.7. The molecule has 0 aromatic heterocycles. The third-order valence-corrected chi connectivity index (χ3v) is 2.90. The van der Waals surface area contributed by atoms with E-state index in [0.717, 1.165) is 18.6 Å². The van der Waals surface area contributed by atoms with Gasteiger partial charge in [0.25, 0.3) is 0 Å². The molecule has 0 heterocycles. The van der Waals surface area contributed by atoms with Crippen molar-refractivity contribution in [2.24, 2.45) is 5.18 Å². The van der Waals surface area contributed by atoms with Crippen LogP contribution < -0.4 is 0 Å². The molecule has 0 saturated heterocycles. The Hall–Kier alpha value is -1.22. The lowest BCUT2D eigenvalue weighted by Crippen LogP contribution is -1.98. The summed E-state index contributed by atoms with van der Waals surface area (Å²) in [5.74, 6) is 0.627. The summed E-state index contributed by atoms with van der Waals surface area (Å²) in [7, 11) is 0. The Bertz CT molecular complexity index is 372. The van der Waals surface area contributed by atoms with E-state index in [1.54, 1.807) is 6.07 Å². The number of hydrogen-bond acceptors (Lipinski definition) is 3. The van der Waals surface area contributed by atoms with Crippen molar-refractivity contribution in [2.45, 2.75) is 38.7 Å². The molecule has 2 rings (SSSR count). The highest BCUT2D eigenvalue weighted by molar-refractivity contribution is 5.51. The number of ether oxygens (including phenoxy) is 1. The van der Waals surface area contributed by atoms with E-state index in [4.69, 9.17) is 4.74 Å². The fourth-order valence-electron chi connectivity index (χ4n) is 1.93. The van der Waals surface area contributed by atoms with E-state index in [0.29, 0.717) is 18.2 Å². The summed E-state index contributed by atoms with van der Waals surface area (Å²) in [6, 6.07) is 5.77. The molecule has 0 N–H and O–H groups in total. The van der Waals surface area contributed by atoms with Gasteiger partial charge in [-0.25, -0.2) is 0 Å². The van der Waals surface area contributed by atoms with Crippen LogP contribution in [0.4, 0.5) is 5.69 Å². The molecule has 86 valence electrons. The molecule has 0 bridgehead atoms. The minimum atomic E-state index is 0.515. The van der Waals surface area contributed by atoms with Crippen LogP contribution in [0.25, 0.3) is 0 Å². The Balaban J connectivity index is 2.19. The number of rotatable bonds is 6. The maximum atomic E-state index is 10.7. The Morgan fingerprint density at radius 3 is 2.88 bits per heavy atom. The summed E-state index contributed by atoms with van der Waals surface area (Å²) in [6.45, 7) is 3.32. The van der Waals surface area contributed by atoms with E-state index in [-0.39, 0.29) is 0 Å². The van der Waals surface area contributed by atoms with Crippen LogP contribution in [0.3, 0.4) is 0 Å². The number of benzene rings is 1. The molecular weight excluding hydrogens is 202 g/mol. The lowest BCUT2D eigenvalue weighted by molar-refractivity contribution is 0.121. The van der Waals surface area contributed by atoms with Crippen molar-refractivity contribution in [3.05, 3.63) is 34.2 Å². The normalized spacial score (nSPS) is 15.1. The molecule has 0 atom stereocenters. The SMILES string of the molecule is CCCOCc1c(N=O)cccc1C1CC1. The van der Waals surface area contributed by atoms with Crippen molar-refractivity contribution in [3.63, 3.8) is 0 Å². The predicted molar refractivity (Wildman–Crippen MR) is 63.8 cm³/mol. The van der Waals surface area contributed by atoms with Crippen molar-refractivity contribution in [1.29, 1.82) is 0 Å². The Labute approximate surface area is 95.8 Å². The summed E-state index contributed by atoms with van der Waals surface area (Å²) >= 11 is 0. The lowest BCUT2D eigenvalue weighted by Gasteiger charge is -2.10. The fourth-order valence-corrected chi connectivity index (χ4v) is 1.93. The minimum absolute atomic E-state index is 0.515. The van der Waals surface area contributed by atoms with Gasteiger partial charge in [-0.2, -0.15) is 0 Å². The van der Waals surface area contributed by atoms with Crippen molar-refractivity contribution < 1.29 is 4.74 Å². The molecule has 1 aliphatic carbocycles. The molecule has 0 amide bonds. The average molecular weight is 219 g/mol. The number of nitrogens with zero attached hydrogens (tertiary/aromatic N) is 1. The fraction of sp³-hybridized carbons (Fsp3) is 0.538. The molecule has 3 heteroatoms. The van der Waals surface area contributed by atoms with Crippen molar-refractivity contribution in [2.75, 3.05) is 6.61 Å². The molecule has 0 radical (unpaired) electrons. The van der Waals surface area contributed by atoms with E-state index in [2.05, 4.69) is 18.2 Å². The van der Waals surface area contributed by atoms with Gasteiger partial charge in [0.1, 0.15) is 5.69 Å². The van der Waals surface area contributed by atoms with E-state index >= 15 is 0 Å². The summed E-state index contributed by atoms with van der Waals surface area (Å²) in [6.07, 6.45) is 3.45. The van der Waals surface area contributed by atoms with Crippen molar-refractivity contribution in [3.8, 4) is 0 Å². The molecule has 3 nitrogen and oxygen atoms in total. The van der Waals surface area contributed by atoms with Crippen LogP contribution in [0.5, 0.6) is 0 Å².